The van der Waals surface area contributed by atoms with Crippen molar-refractivity contribution in [1.29, 1.82) is 0 Å². The lowest BCUT2D eigenvalue weighted by Crippen LogP contribution is -2.57. The minimum absolute atomic E-state index is 0.645. The Morgan fingerprint density at radius 1 is 0.667 bits per heavy atom. The fourth-order valence-corrected chi connectivity index (χ4v) is 7.21. The summed E-state index contributed by atoms with van der Waals surface area (Å²) in [7, 11) is 2.86. The van der Waals surface area contributed by atoms with Gasteiger partial charge >= 0.3 is 0 Å². The highest BCUT2D eigenvalue weighted by molar-refractivity contribution is 6.40. The molecule has 6 aliphatic rings. The van der Waals surface area contributed by atoms with E-state index in [1.165, 1.54) is 25.7 Å². The highest BCUT2D eigenvalue weighted by atomic mass is 14.6. The fourth-order valence-electron chi connectivity index (χ4n) is 7.21. The Labute approximate surface area is 133 Å². The molecule has 0 unspecified atom stereocenters. The van der Waals surface area contributed by atoms with E-state index in [-0.39, 0.29) is 0 Å². The van der Waals surface area contributed by atoms with Crippen molar-refractivity contribution in [3.63, 3.8) is 0 Å². The van der Waals surface area contributed by atoms with E-state index in [2.05, 4.69) is 48.8 Å². The van der Waals surface area contributed by atoms with Crippen molar-refractivity contribution in [1.82, 2.24) is 0 Å². The van der Waals surface area contributed by atoms with Crippen LogP contribution in [0, 0.1) is 46.3 Å². The highest BCUT2D eigenvalue weighted by Gasteiger charge is 2.59. The van der Waals surface area contributed by atoms with Crippen LogP contribution in [0.1, 0.15) is 67.2 Å². The molecule has 0 aromatic carbocycles. The van der Waals surface area contributed by atoms with Crippen LogP contribution in [-0.4, -0.2) is 7.28 Å². The van der Waals surface area contributed by atoms with Gasteiger partial charge in [-0.15, -0.1) is 0 Å². The Balaban J connectivity index is 1.42. The fraction of sp³-hybridized carbons (Fsp3) is 1.00. The summed E-state index contributed by atoms with van der Waals surface area (Å²) in [4.78, 5) is 0. The van der Waals surface area contributed by atoms with E-state index in [1.807, 2.05) is 0 Å². The van der Waals surface area contributed by atoms with E-state index in [4.69, 9.17) is 0 Å². The van der Waals surface area contributed by atoms with E-state index in [0.717, 1.165) is 47.1 Å². The summed E-state index contributed by atoms with van der Waals surface area (Å²) in [5.41, 5.74) is 1.29. The van der Waals surface area contributed by atoms with Crippen LogP contribution in [0.4, 0.5) is 0 Å². The largest absolute Gasteiger partial charge is 0.118 e. The summed E-state index contributed by atoms with van der Waals surface area (Å²) in [6.45, 7) is 15.2. The number of hydrogen-bond acceptors (Lipinski definition) is 0. The van der Waals surface area contributed by atoms with Crippen LogP contribution < -0.4 is 0 Å². The summed E-state index contributed by atoms with van der Waals surface area (Å²) >= 11 is 0. The van der Waals surface area contributed by atoms with Crippen LogP contribution in [-0.2, 0) is 0 Å². The van der Waals surface area contributed by atoms with Gasteiger partial charge in [-0.05, 0) is 59.2 Å². The molecule has 0 aliphatic heterocycles. The topological polar surface area (TPSA) is 0 Å². The normalized spacial score (nSPS) is 56.1. The third-order valence-corrected chi connectivity index (χ3v) is 9.32. The number of rotatable bonds is 2. The summed E-state index contributed by atoms with van der Waals surface area (Å²) in [6, 6.07) is 0. The molecule has 0 aromatic rings. The van der Waals surface area contributed by atoms with Gasteiger partial charge < -0.3 is 0 Å². The van der Waals surface area contributed by atoms with Gasteiger partial charge in [-0.1, -0.05) is 66.0 Å². The Morgan fingerprint density at radius 2 is 1.05 bits per heavy atom. The van der Waals surface area contributed by atoms with E-state index in [0.29, 0.717) is 10.8 Å². The standard InChI is InChI=1S/C20H34B/c1-11-15-7-13(19(15,3)4)9-17(11)21-18-10-14-8-16(12(18)2)20(14,5)6/h11-18H,7-10H2,1-6H3/t11-,12-,13-,14-,15+,16+,17+,18+/m0/s1. The molecule has 21 heavy (non-hydrogen) atoms. The van der Waals surface area contributed by atoms with Crippen molar-refractivity contribution in [2.45, 2.75) is 78.9 Å². The predicted molar refractivity (Wildman–Crippen MR) is 91.6 cm³/mol. The summed E-state index contributed by atoms with van der Waals surface area (Å²) in [6.07, 6.45) is 6.03. The molecule has 0 saturated heterocycles. The highest BCUT2D eigenvalue weighted by Crippen LogP contribution is 2.68. The minimum Gasteiger partial charge on any atom is -0.0655 e. The quantitative estimate of drug-likeness (QED) is 0.573. The number of fused-ring (bicyclic) bond motifs is 4. The van der Waals surface area contributed by atoms with E-state index in [1.54, 1.807) is 0 Å². The lowest BCUT2D eigenvalue weighted by Gasteiger charge is -2.65. The van der Waals surface area contributed by atoms with E-state index in [9.17, 15) is 0 Å². The second-order valence-corrected chi connectivity index (χ2v) is 10.4. The molecule has 6 rings (SSSR count). The second-order valence-electron chi connectivity index (χ2n) is 10.4. The second kappa shape index (κ2) is 4.32. The van der Waals surface area contributed by atoms with Crippen LogP contribution in [0.5, 0.6) is 0 Å². The zero-order chi connectivity index (χ0) is 15.2. The number of hydrogen-bond donors (Lipinski definition) is 0. The van der Waals surface area contributed by atoms with Crippen molar-refractivity contribution in [2.24, 2.45) is 46.3 Å². The summed E-state index contributed by atoms with van der Waals surface area (Å²) in [5.74, 6) is 7.76. The molecule has 0 nitrogen and oxygen atoms in total. The van der Waals surface area contributed by atoms with Crippen molar-refractivity contribution in [3.05, 3.63) is 0 Å². The molecule has 117 valence electrons. The molecule has 1 radical (unpaired) electrons. The Hall–Kier alpha value is 0.0649. The first-order chi connectivity index (χ1) is 9.73. The molecule has 6 saturated carbocycles. The molecule has 4 bridgehead atoms. The van der Waals surface area contributed by atoms with Crippen LogP contribution >= 0.6 is 0 Å². The maximum absolute atomic E-state index is 2.86. The van der Waals surface area contributed by atoms with Gasteiger partial charge in [0.1, 0.15) is 7.28 Å². The third kappa shape index (κ3) is 1.81. The maximum Gasteiger partial charge on any atom is 0.118 e. The lowest BCUT2D eigenvalue weighted by atomic mass is 9.31. The summed E-state index contributed by atoms with van der Waals surface area (Å²) < 4.78 is 0. The van der Waals surface area contributed by atoms with Gasteiger partial charge in [-0.25, -0.2) is 0 Å². The molecule has 0 aromatic heterocycles. The smallest absolute Gasteiger partial charge is 0.0655 e. The van der Waals surface area contributed by atoms with E-state index >= 15 is 0 Å². The van der Waals surface area contributed by atoms with Crippen LogP contribution in [0.2, 0.25) is 11.6 Å². The summed E-state index contributed by atoms with van der Waals surface area (Å²) in [5, 5.41) is 0. The molecule has 1 heteroatoms. The van der Waals surface area contributed by atoms with Gasteiger partial charge in [0.05, 0.1) is 0 Å². The van der Waals surface area contributed by atoms with Crippen molar-refractivity contribution in [2.75, 3.05) is 0 Å². The molecule has 6 fully saturated rings. The molecule has 0 spiro atoms. The molecule has 0 heterocycles. The van der Waals surface area contributed by atoms with Crippen molar-refractivity contribution < 1.29 is 0 Å². The van der Waals surface area contributed by atoms with Crippen LogP contribution in [0.3, 0.4) is 0 Å². The van der Waals surface area contributed by atoms with Gasteiger partial charge in [0.2, 0.25) is 0 Å². The van der Waals surface area contributed by atoms with Crippen LogP contribution in [0.15, 0.2) is 0 Å². The Morgan fingerprint density at radius 3 is 1.33 bits per heavy atom. The molecule has 8 atom stereocenters. The molecular formula is C20H34B. The average molecular weight is 285 g/mol. The Bertz CT molecular complexity index is 397. The first kappa shape index (κ1) is 14.6. The Kier molecular flexibility index (Phi) is 3.02. The van der Waals surface area contributed by atoms with Crippen molar-refractivity contribution >= 4 is 7.28 Å². The molecule has 0 N–H and O–H groups in total. The minimum atomic E-state index is 0.645. The van der Waals surface area contributed by atoms with Crippen LogP contribution in [0.25, 0.3) is 0 Å². The zero-order valence-electron chi connectivity index (χ0n) is 15.0. The monoisotopic (exact) mass is 285 g/mol. The maximum atomic E-state index is 2.86. The first-order valence-electron chi connectivity index (χ1n) is 9.58. The lowest BCUT2D eigenvalue weighted by molar-refractivity contribution is -0.106. The first-order valence-corrected chi connectivity index (χ1v) is 9.58. The molecule has 0 amide bonds. The SMILES string of the molecule is C[C@@H]1[C@H]([B][C@@H]2C[C@@H]3C[C@H]([C@@H]2C)C3(C)C)C[C@@H]2C[C@H]1C2(C)C. The zero-order valence-corrected chi connectivity index (χ0v) is 15.0. The molecular weight excluding hydrogens is 251 g/mol. The van der Waals surface area contributed by atoms with Gasteiger partial charge in [0, 0.05) is 0 Å². The molecule has 6 aliphatic carbocycles. The van der Waals surface area contributed by atoms with Gasteiger partial charge in [-0.3, -0.25) is 0 Å². The van der Waals surface area contributed by atoms with Gasteiger partial charge in [0.15, 0.2) is 0 Å². The van der Waals surface area contributed by atoms with Gasteiger partial charge in [-0.2, -0.15) is 0 Å². The third-order valence-electron chi connectivity index (χ3n) is 9.32. The van der Waals surface area contributed by atoms with Crippen molar-refractivity contribution in [3.8, 4) is 0 Å². The predicted octanol–water partition coefficient (Wildman–Crippen LogP) is 5.67. The van der Waals surface area contributed by atoms with Gasteiger partial charge in [0.25, 0.3) is 0 Å². The van der Waals surface area contributed by atoms with E-state index < -0.39 is 0 Å². The average Bonchev–Trinajstić information content (AvgIpc) is 2.41.